The largest absolute Gasteiger partial charge is 0.402 e. The Bertz CT molecular complexity index is 228. The molecule has 0 aromatic heterocycles. The van der Waals surface area contributed by atoms with Gasteiger partial charge in [0, 0.05) is 5.70 Å². The monoisotopic (exact) mass is 179 g/mol. The average molecular weight is 179 g/mol. The molecular formula is C12H21N. The molecule has 0 aliphatic carbocycles. The summed E-state index contributed by atoms with van der Waals surface area (Å²) in [6.45, 7) is 8.39. The van der Waals surface area contributed by atoms with E-state index in [-0.39, 0.29) is 0 Å². The van der Waals surface area contributed by atoms with Crippen LogP contribution in [0, 0.1) is 0 Å². The lowest BCUT2D eigenvalue weighted by molar-refractivity contribution is 1.07. The van der Waals surface area contributed by atoms with Crippen molar-refractivity contribution in [3.05, 3.63) is 35.1 Å². The summed E-state index contributed by atoms with van der Waals surface area (Å²) in [4.78, 5) is 0. The van der Waals surface area contributed by atoms with E-state index in [1.54, 1.807) is 0 Å². The highest BCUT2D eigenvalue weighted by Crippen LogP contribution is 2.09. The number of allylic oxidation sites excluding steroid dienone is 6. The van der Waals surface area contributed by atoms with Crippen molar-refractivity contribution >= 4 is 0 Å². The van der Waals surface area contributed by atoms with Gasteiger partial charge in [-0.15, -0.1) is 0 Å². The van der Waals surface area contributed by atoms with E-state index in [0.29, 0.717) is 0 Å². The third kappa shape index (κ3) is 6.21. The maximum atomic E-state index is 5.55. The minimum absolute atomic E-state index is 0.855. The van der Waals surface area contributed by atoms with Crippen molar-refractivity contribution in [2.24, 2.45) is 5.73 Å². The van der Waals surface area contributed by atoms with Crippen LogP contribution in [-0.2, 0) is 0 Å². The minimum Gasteiger partial charge on any atom is -0.402 e. The molecule has 2 N–H and O–H groups in total. The summed E-state index contributed by atoms with van der Waals surface area (Å²) in [5.41, 5.74) is 9.16. The summed E-state index contributed by atoms with van der Waals surface area (Å²) in [5.74, 6) is 0. The number of hydrogen-bond donors (Lipinski definition) is 1. The summed E-state index contributed by atoms with van der Waals surface area (Å²) in [5, 5.41) is 0. The van der Waals surface area contributed by atoms with Crippen molar-refractivity contribution in [3.8, 4) is 0 Å². The third-order valence-electron chi connectivity index (χ3n) is 1.96. The molecule has 0 saturated heterocycles. The molecule has 0 fully saturated rings. The van der Waals surface area contributed by atoms with Crippen molar-refractivity contribution in [2.45, 2.75) is 40.5 Å². The number of rotatable bonds is 4. The van der Waals surface area contributed by atoms with E-state index in [9.17, 15) is 0 Å². The molecule has 1 heteroatoms. The lowest BCUT2D eigenvalue weighted by Crippen LogP contribution is -1.88. The maximum Gasteiger partial charge on any atom is 0.00489 e. The second-order valence-corrected chi connectivity index (χ2v) is 3.35. The minimum atomic E-state index is 0.855. The van der Waals surface area contributed by atoms with Crippen molar-refractivity contribution in [3.63, 3.8) is 0 Å². The van der Waals surface area contributed by atoms with Crippen LogP contribution >= 0.6 is 0 Å². The molecule has 0 unspecified atom stereocenters. The van der Waals surface area contributed by atoms with Gasteiger partial charge in [-0.3, -0.25) is 0 Å². The summed E-state index contributed by atoms with van der Waals surface area (Å²) in [6, 6.07) is 0. The molecule has 0 aliphatic rings. The Morgan fingerprint density at radius 3 is 2.08 bits per heavy atom. The van der Waals surface area contributed by atoms with Crippen LogP contribution in [0.4, 0.5) is 0 Å². The molecule has 1 nitrogen and oxygen atoms in total. The molecule has 0 bridgehead atoms. The first-order chi connectivity index (χ1) is 6.10. The predicted octanol–water partition coefficient (Wildman–Crippen LogP) is 3.54. The van der Waals surface area contributed by atoms with Crippen molar-refractivity contribution < 1.29 is 0 Å². The zero-order valence-corrected chi connectivity index (χ0v) is 9.22. The van der Waals surface area contributed by atoms with Crippen LogP contribution in [0.25, 0.3) is 0 Å². The summed E-state index contributed by atoms with van der Waals surface area (Å²) in [6.07, 6.45) is 8.45. The van der Waals surface area contributed by atoms with Crippen LogP contribution in [0.2, 0.25) is 0 Å². The molecule has 0 amide bonds. The van der Waals surface area contributed by atoms with E-state index in [2.05, 4.69) is 32.9 Å². The molecule has 74 valence electrons. The lowest BCUT2D eigenvalue weighted by atomic mass is 10.1. The van der Waals surface area contributed by atoms with Gasteiger partial charge in [-0.2, -0.15) is 0 Å². The first-order valence-electron chi connectivity index (χ1n) is 4.90. The Labute approximate surface area is 82.0 Å². The zero-order valence-electron chi connectivity index (χ0n) is 9.22. The topological polar surface area (TPSA) is 26.0 Å². The highest BCUT2D eigenvalue weighted by Gasteiger charge is 1.89. The van der Waals surface area contributed by atoms with E-state index >= 15 is 0 Å². The molecule has 0 aromatic rings. The fraction of sp³-hybridized carbons (Fsp3) is 0.500. The molecule has 0 aromatic carbocycles. The molecule has 13 heavy (non-hydrogen) atoms. The van der Waals surface area contributed by atoms with Crippen LogP contribution < -0.4 is 5.73 Å². The fourth-order valence-electron chi connectivity index (χ4n) is 0.925. The molecule has 0 spiro atoms. The van der Waals surface area contributed by atoms with Gasteiger partial charge in [-0.1, -0.05) is 31.6 Å². The van der Waals surface area contributed by atoms with Gasteiger partial charge in [0.05, 0.1) is 0 Å². The van der Waals surface area contributed by atoms with E-state index < -0.39 is 0 Å². The second kappa shape index (κ2) is 6.53. The van der Waals surface area contributed by atoms with E-state index in [4.69, 9.17) is 5.73 Å². The van der Waals surface area contributed by atoms with Crippen molar-refractivity contribution in [2.75, 3.05) is 0 Å². The van der Waals surface area contributed by atoms with Gasteiger partial charge in [0.1, 0.15) is 0 Å². The van der Waals surface area contributed by atoms with Crippen LogP contribution in [0.3, 0.4) is 0 Å². The van der Waals surface area contributed by atoms with E-state index in [1.807, 2.05) is 13.0 Å². The Hall–Kier alpha value is -0.980. The average Bonchev–Trinajstić information content (AvgIpc) is 2.11. The first kappa shape index (κ1) is 12.0. The highest BCUT2D eigenvalue weighted by atomic mass is 14.5. The van der Waals surface area contributed by atoms with Crippen LogP contribution in [-0.4, -0.2) is 0 Å². The molecule has 0 saturated carbocycles. The van der Waals surface area contributed by atoms with Gasteiger partial charge in [-0.05, 0) is 38.3 Å². The van der Waals surface area contributed by atoms with Gasteiger partial charge >= 0.3 is 0 Å². The van der Waals surface area contributed by atoms with Crippen LogP contribution in [0.1, 0.15) is 40.5 Å². The van der Waals surface area contributed by atoms with Gasteiger partial charge in [0.25, 0.3) is 0 Å². The van der Waals surface area contributed by atoms with Gasteiger partial charge in [0.15, 0.2) is 0 Å². The Balaban J connectivity index is 4.52. The van der Waals surface area contributed by atoms with Crippen LogP contribution in [0.5, 0.6) is 0 Å². The van der Waals surface area contributed by atoms with Crippen molar-refractivity contribution in [1.29, 1.82) is 0 Å². The van der Waals surface area contributed by atoms with Gasteiger partial charge < -0.3 is 5.73 Å². The molecule has 0 atom stereocenters. The summed E-state index contributed by atoms with van der Waals surface area (Å²) < 4.78 is 0. The Morgan fingerprint density at radius 1 is 1.08 bits per heavy atom. The van der Waals surface area contributed by atoms with E-state index in [1.165, 1.54) is 11.1 Å². The van der Waals surface area contributed by atoms with Gasteiger partial charge in [0.2, 0.25) is 0 Å². The predicted molar refractivity (Wildman–Crippen MR) is 60.4 cm³/mol. The SMILES string of the molecule is CCC(=C/C=C(\C)N)/C=C(\C)CC. The molecule has 0 aliphatic heterocycles. The summed E-state index contributed by atoms with van der Waals surface area (Å²) in [7, 11) is 0. The second-order valence-electron chi connectivity index (χ2n) is 3.35. The number of hydrogen-bond acceptors (Lipinski definition) is 1. The molecule has 0 radical (unpaired) electrons. The van der Waals surface area contributed by atoms with Crippen molar-refractivity contribution in [1.82, 2.24) is 0 Å². The normalized spacial score (nSPS) is 14.9. The Kier molecular flexibility index (Phi) is 6.03. The summed E-state index contributed by atoms with van der Waals surface area (Å²) >= 11 is 0. The lowest BCUT2D eigenvalue weighted by Gasteiger charge is -1.99. The van der Waals surface area contributed by atoms with Crippen LogP contribution in [0.15, 0.2) is 35.1 Å². The van der Waals surface area contributed by atoms with Gasteiger partial charge in [-0.25, -0.2) is 0 Å². The highest BCUT2D eigenvalue weighted by molar-refractivity contribution is 5.27. The molecule has 0 rings (SSSR count). The van der Waals surface area contributed by atoms with E-state index in [0.717, 1.165) is 18.5 Å². The fourth-order valence-corrected chi connectivity index (χ4v) is 0.925. The quantitative estimate of drug-likeness (QED) is 0.656. The zero-order chi connectivity index (χ0) is 10.3. The molecule has 0 heterocycles. The smallest absolute Gasteiger partial charge is 0.00489 e. The first-order valence-corrected chi connectivity index (χ1v) is 4.90. The third-order valence-corrected chi connectivity index (χ3v) is 1.96. The molecular weight excluding hydrogens is 158 g/mol. The Morgan fingerprint density at radius 2 is 1.69 bits per heavy atom. The number of nitrogens with two attached hydrogens (primary N) is 1. The maximum absolute atomic E-state index is 5.55. The standard InChI is InChI=1S/C12H21N/c1-5-10(3)9-12(6-2)8-7-11(4)13/h7-9H,5-6,13H2,1-4H3/b10-9+,11-7+,12-8-.